The van der Waals surface area contributed by atoms with Gasteiger partial charge < -0.3 is 10.2 Å². The minimum Gasteiger partial charge on any atom is -0.516 e. The molecule has 2 nitrogen and oxygen atoms in total. The lowest BCUT2D eigenvalue weighted by Crippen LogP contribution is -1.83. The Labute approximate surface area is 74.9 Å². The molecule has 0 spiro atoms. The molecule has 0 aromatic heterocycles. The molecule has 0 aliphatic carbocycles. The SMILES string of the molecule is OC=CCCCCCCCCO. The Morgan fingerprint density at radius 2 is 1.42 bits per heavy atom. The van der Waals surface area contributed by atoms with Gasteiger partial charge in [0.05, 0.1) is 6.26 Å². The van der Waals surface area contributed by atoms with Gasteiger partial charge in [-0.1, -0.05) is 31.8 Å². The van der Waals surface area contributed by atoms with E-state index >= 15 is 0 Å². The van der Waals surface area contributed by atoms with Crippen LogP contribution in [0.25, 0.3) is 0 Å². The van der Waals surface area contributed by atoms with Crippen molar-refractivity contribution in [2.24, 2.45) is 0 Å². The van der Waals surface area contributed by atoms with Gasteiger partial charge in [0, 0.05) is 6.61 Å². The van der Waals surface area contributed by atoms with E-state index in [1.54, 1.807) is 6.08 Å². The molecule has 0 aliphatic rings. The van der Waals surface area contributed by atoms with Gasteiger partial charge in [0.15, 0.2) is 0 Å². The summed E-state index contributed by atoms with van der Waals surface area (Å²) in [7, 11) is 0. The quantitative estimate of drug-likeness (QED) is 0.436. The zero-order valence-corrected chi connectivity index (χ0v) is 7.71. The van der Waals surface area contributed by atoms with Crippen LogP contribution in [0.5, 0.6) is 0 Å². The molecule has 0 aliphatic heterocycles. The smallest absolute Gasteiger partial charge is 0.0751 e. The van der Waals surface area contributed by atoms with E-state index in [0.29, 0.717) is 6.61 Å². The van der Waals surface area contributed by atoms with Gasteiger partial charge in [-0.3, -0.25) is 0 Å². The highest BCUT2D eigenvalue weighted by molar-refractivity contribution is 4.70. The average Bonchev–Trinajstić information content (AvgIpc) is 2.10. The highest BCUT2D eigenvalue weighted by Gasteiger charge is 1.89. The van der Waals surface area contributed by atoms with Gasteiger partial charge in [-0.15, -0.1) is 0 Å². The lowest BCUT2D eigenvalue weighted by atomic mass is 10.1. The fourth-order valence-electron chi connectivity index (χ4n) is 1.16. The van der Waals surface area contributed by atoms with E-state index in [1.807, 2.05) is 0 Å². The fourth-order valence-corrected chi connectivity index (χ4v) is 1.16. The molecule has 0 bridgehead atoms. The minimum absolute atomic E-state index is 0.327. The van der Waals surface area contributed by atoms with Crippen molar-refractivity contribution in [1.82, 2.24) is 0 Å². The predicted octanol–water partition coefficient (Wildman–Crippen LogP) is 2.78. The van der Waals surface area contributed by atoms with E-state index in [1.165, 1.54) is 19.3 Å². The molecular weight excluding hydrogens is 152 g/mol. The summed E-state index contributed by atoms with van der Waals surface area (Å²) in [5.41, 5.74) is 0. The first-order chi connectivity index (χ1) is 5.91. The Hall–Kier alpha value is -0.500. The molecule has 0 amide bonds. The zero-order chi connectivity index (χ0) is 9.07. The molecule has 0 unspecified atom stereocenters. The Morgan fingerprint density at radius 3 is 2.00 bits per heavy atom. The lowest BCUT2D eigenvalue weighted by Gasteiger charge is -1.98. The van der Waals surface area contributed by atoms with Crippen LogP contribution in [0.1, 0.15) is 44.9 Å². The van der Waals surface area contributed by atoms with Crippen LogP contribution in [0.4, 0.5) is 0 Å². The number of allylic oxidation sites excluding steroid dienone is 1. The molecule has 0 fully saturated rings. The van der Waals surface area contributed by atoms with Crippen LogP contribution in [0.2, 0.25) is 0 Å². The summed E-state index contributed by atoms with van der Waals surface area (Å²) in [4.78, 5) is 0. The molecule has 0 atom stereocenters. The normalized spacial score (nSPS) is 11.1. The third kappa shape index (κ3) is 9.50. The maximum atomic E-state index is 8.50. The van der Waals surface area contributed by atoms with Crippen molar-refractivity contribution in [1.29, 1.82) is 0 Å². The van der Waals surface area contributed by atoms with E-state index in [-0.39, 0.29) is 0 Å². The first-order valence-electron chi connectivity index (χ1n) is 4.82. The summed E-state index contributed by atoms with van der Waals surface area (Å²) in [5.74, 6) is 0. The lowest BCUT2D eigenvalue weighted by molar-refractivity contribution is 0.282. The highest BCUT2D eigenvalue weighted by atomic mass is 16.3. The largest absolute Gasteiger partial charge is 0.516 e. The Kier molecular flexibility index (Phi) is 10.1. The molecule has 0 aromatic carbocycles. The van der Waals surface area contributed by atoms with Gasteiger partial charge >= 0.3 is 0 Å². The molecule has 0 saturated heterocycles. The summed E-state index contributed by atoms with van der Waals surface area (Å²) in [5, 5.41) is 16.8. The first-order valence-corrected chi connectivity index (χ1v) is 4.82. The predicted molar refractivity (Wildman–Crippen MR) is 51.2 cm³/mol. The van der Waals surface area contributed by atoms with Crippen molar-refractivity contribution in [2.45, 2.75) is 44.9 Å². The van der Waals surface area contributed by atoms with Gasteiger partial charge in [0.25, 0.3) is 0 Å². The van der Waals surface area contributed by atoms with Crippen LogP contribution in [0.15, 0.2) is 12.3 Å². The van der Waals surface area contributed by atoms with Crippen LogP contribution in [0.3, 0.4) is 0 Å². The topological polar surface area (TPSA) is 40.5 Å². The zero-order valence-electron chi connectivity index (χ0n) is 7.71. The van der Waals surface area contributed by atoms with Gasteiger partial charge in [-0.25, -0.2) is 0 Å². The van der Waals surface area contributed by atoms with E-state index in [9.17, 15) is 0 Å². The van der Waals surface area contributed by atoms with Crippen LogP contribution >= 0.6 is 0 Å². The van der Waals surface area contributed by atoms with Gasteiger partial charge in [-0.2, -0.15) is 0 Å². The second-order valence-corrected chi connectivity index (χ2v) is 3.02. The maximum Gasteiger partial charge on any atom is 0.0751 e. The van der Waals surface area contributed by atoms with Gasteiger partial charge in [0.2, 0.25) is 0 Å². The number of unbranched alkanes of at least 4 members (excludes halogenated alkanes) is 6. The molecule has 2 heteroatoms. The van der Waals surface area contributed by atoms with Crippen molar-refractivity contribution in [3.63, 3.8) is 0 Å². The number of hydrogen-bond acceptors (Lipinski definition) is 2. The second-order valence-electron chi connectivity index (χ2n) is 3.02. The average molecular weight is 172 g/mol. The van der Waals surface area contributed by atoms with Crippen molar-refractivity contribution >= 4 is 0 Å². The monoisotopic (exact) mass is 172 g/mol. The molecular formula is C10H20O2. The summed E-state index contributed by atoms with van der Waals surface area (Å²) in [6.07, 6.45) is 10.8. The molecule has 2 N–H and O–H groups in total. The van der Waals surface area contributed by atoms with E-state index in [4.69, 9.17) is 10.2 Å². The van der Waals surface area contributed by atoms with Gasteiger partial charge in [0.1, 0.15) is 0 Å². The van der Waals surface area contributed by atoms with Crippen molar-refractivity contribution < 1.29 is 10.2 Å². The Bertz CT molecular complexity index is 100. The maximum absolute atomic E-state index is 8.50. The van der Waals surface area contributed by atoms with Crippen LogP contribution < -0.4 is 0 Å². The minimum atomic E-state index is 0.327. The fraction of sp³-hybridized carbons (Fsp3) is 0.800. The molecule has 72 valence electrons. The summed E-state index contributed by atoms with van der Waals surface area (Å²) >= 11 is 0. The molecule has 0 radical (unpaired) electrons. The summed E-state index contributed by atoms with van der Waals surface area (Å²) < 4.78 is 0. The van der Waals surface area contributed by atoms with Crippen LogP contribution in [0, 0.1) is 0 Å². The van der Waals surface area contributed by atoms with E-state index in [2.05, 4.69) is 0 Å². The molecule has 12 heavy (non-hydrogen) atoms. The summed E-state index contributed by atoms with van der Waals surface area (Å²) in [6.45, 7) is 0.327. The standard InChI is InChI=1S/C10H20O2/c11-9-7-5-3-1-2-4-6-8-10-12/h7,9,11-12H,1-6,8,10H2. The van der Waals surface area contributed by atoms with Gasteiger partial charge in [-0.05, 0) is 19.3 Å². The third-order valence-corrected chi connectivity index (χ3v) is 1.88. The van der Waals surface area contributed by atoms with E-state index in [0.717, 1.165) is 31.9 Å². The number of rotatable bonds is 8. The Morgan fingerprint density at radius 1 is 0.833 bits per heavy atom. The molecule has 0 heterocycles. The number of aliphatic hydroxyl groups is 2. The van der Waals surface area contributed by atoms with E-state index < -0.39 is 0 Å². The molecule has 0 saturated carbocycles. The van der Waals surface area contributed by atoms with Crippen molar-refractivity contribution in [3.8, 4) is 0 Å². The summed E-state index contributed by atoms with van der Waals surface area (Å²) in [6, 6.07) is 0. The first kappa shape index (κ1) is 11.5. The molecule has 0 aromatic rings. The Balaban J connectivity index is 2.81. The van der Waals surface area contributed by atoms with Crippen LogP contribution in [-0.4, -0.2) is 16.8 Å². The highest BCUT2D eigenvalue weighted by Crippen LogP contribution is 2.06. The number of hydrogen-bond donors (Lipinski definition) is 2. The van der Waals surface area contributed by atoms with Crippen LogP contribution in [-0.2, 0) is 0 Å². The van der Waals surface area contributed by atoms with Crippen molar-refractivity contribution in [2.75, 3.05) is 6.61 Å². The second kappa shape index (κ2) is 10.5. The third-order valence-electron chi connectivity index (χ3n) is 1.88. The molecule has 0 rings (SSSR count). The van der Waals surface area contributed by atoms with Crippen molar-refractivity contribution in [3.05, 3.63) is 12.3 Å². The number of aliphatic hydroxyl groups excluding tert-OH is 2.